The summed E-state index contributed by atoms with van der Waals surface area (Å²) in [6.45, 7) is 4.85. The van der Waals surface area contributed by atoms with E-state index in [9.17, 15) is 9.59 Å². The molecule has 0 spiro atoms. The number of amides is 1. The van der Waals surface area contributed by atoms with Crippen molar-refractivity contribution in [3.05, 3.63) is 34.2 Å². The van der Waals surface area contributed by atoms with Gasteiger partial charge in [0, 0.05) is 17.4 Å². The largest absolute Gasteiger partial charge is 0.349 e. The molecule has 0 aliphatic heterocycles. The summed E-state index contributed by atoms with van der Waals surface area (Å²) in [5, 5.41) is 2.89. The number of thioether (sulfide) groups is 1. The van der Waals surface area contributed by atoms with E-state index >= 15 is 0 Å². The van der Waals surface area contributed by atoms with Crippen molar-refractivity contribution in [2.45, 2.75) is 31.4 Å². The van der Waals surface area contributed by atoms with Gasteiger partial charge in [0.05, 0.1) is 0 Å². The lowest BCUT2D eigenvalue weighted by atomic mass is 10.0. The minimum atomic E-state index is -0.259. The number of aromatic amines is 1. The molecular formula is C13H20N2O2S. The van der Waals surface area contributed by atoms with Crippen molar-refractivity contribution in [3.63, 3.8) is 0 Å². The SMILES string of the molecule is CCC(CC)(CNC(=O)c1cccc(=O)[nH]1)SC. The minimum absolute atomic E-state index is 0.0741. The minimum Gasteiger partial charge on any atom is -0.349 e. The Kier molecular flexibility index (Phi) is 5.47. The number of hydrogen-bond donors (Lipinski definition) is 2. The van der Waals surface area contributed by atoms with Gasteiger partial charge in [-0.05, 0) is 25.2 Å². The van der Waals surface area contributed by atoms with Gasteiger partial charge in [-0.15, -0.1) is 0 Å². The second-order valence-electron chi connectivity index (χ2n) is 4.21. The van der Waals surface area contributed by atoms with Gasteiger partial charge in [-0.2, -0.15) is 11.8 Å². The summed E-state index contributed by atoms with van der Waals surface area (Å²) in [4.78, 5) is 25.5. The van der Waals surface area contributed by atoms with Gasteiger partial charge in [0.2, 0.25) is 5.56 Å². The van der Waals surface area contributed by atoms with Gasteiger partial charge in [0.15, 0.2) is 0 Å². The number of rotatable bonds is 6. The summed E-state index contributed by atoms with van der Waals surface area (Å²) in [6.07, 6.45) is 4.05. The van der Waals surface area contributed by atoms with Crippen molar-refractivity contribution in [3.8, 4) is 0 Å². The third-order valence-corrected chi connectivity index (χ3v) is 4.89. The molecule has 0 unspecified atom stereocenters. The highest BCUT2D eigenvalue weighted by atomic mass is 32.2. The quantitative estimate of drug-likeness (QED) is 0.830. The van der Waals surface area contributed by atoms with Crippen LogP contribution in [0.1, 0.15) is 37.2 Å². The average molecular weight is 268 g/mol. The fourth-order valence-corrected chi connectivity index (χ4v) is 2.57. The molecule has 1 rings (SSSR count). The lowest BCUT2D eigenvalue weighted by molar-refractivity contribution is 0.0943. The van der Waals surface area contributed by atoms with Crippen molar-refractivity contribution in [1.29, 1.82) is 0 Å². The normalized spacial score (nSPS) is 11.3. The summed E-state index contributed by atoms with van der Waals surface area (Å²) in [5.74, 6) is -0.229. The highest BCUT2D eigenvalue weighted by Gasteiger charge is 2.25. The maximum absolute atomic E-state index is 11.9. The summed E-state index contributed by atoms with van der Waals surface area (Å²) in [7, 11) is 0. The first kappa shape index (κ1) is 14.8. The molecule has 0 aliphatic carbocycles. The zero-order valence-corrected chi connectivity index (χ0v) is 11.9. The molecule has 2 N–H and O–H groups in total. The topological polar surface area (TPSA) is 62.0 Å². The number of pyridine rings is 1. The van der Waals surface area contributed by atoms with Crippen LogP contribution in [0.2, 0.25) is 0 Å². The lowest BCUT2D eigenvalue weighted by Gasteiger charge is -2.29. The smallest absolute Gasteiger partial charge is 0.267 e. The first-order chi connectivity index (χ1) is 8.56. The van der Waals surface area contributed by atoms with Crippen LogP contribution in [0.4, 0.5) is 0 Å². The number of carbonyl (C=O) groups is 1. The van der Waals surface area contributed by atoms with Gasteiger partial charge < -0.3 is 10.3 Å². The molecule has 0 saturated carbocycles. The van der Waals surface area contributed by atoms with Crippen LogP contribution in [0.15, 0.2) is 23.0 Å². The Labute approximate surface area is 112 Å². The van der Waals surface area contributed by atoms with Crippen LogP contribution >= 0.6 is 11.8 Å². The van der Waals surface area contributed by atoms with Crippen LogP contribution in [0.3, 0.4) is 0 Å². The molecule has 1 aromatic rings. The van der Waals surface area contributed by atoms with Gasteiger partial charge in [-0.25, -0.2) is 0 Å². The van der Waals surface area contributed by atoms with Gasteiger partial charge in [0.1, 0.15) is 5.69 Å². The first-order valence-corrected chi connectivity index (χ1v) is 7.32. The van der Waals surface area contributed by atoms with Crippen LogP contribution in [0, 0.1) is 0 Å². The summed E-state index contributed by atoms with van der Waals surface area (Å²) < 4.78 is 0.0741. The number of H-pyrrole nitrogens is 1. The van der Waals surface area contributed by atoms with Crippen LogP contribution in [-0.2, 0) is 0 Å². The maximum atomic E-state index is 11.9. The molecule has 0 aromatic carbocycles. The fraction of sp³-hybridized carbons (Fsp3) is 0.538. The first-order valence-electron chi connectivity index (χ1n) is 6.09. The van der Waals surface area contributed by atoms with E-state index in [1.54, 1.807) is 23.9 Å². The Morgan fingerprint density at radius 3 is 2.56 bits per heavy atom. The van der Waals surface area contributed by atoms with E-state index in [1.807, 2.05) is 0 Å². The van der Waals surface area contributed by atoms with Crippen molar-refractivity contribution >= 4 is 17.7 Å². The van der Waals surface area contributed by atoms with E-state index in [4.69, 9.17) is 0 Å². The molecule has 0 fully saturated rings. The van der Waals surface area contributed by atoms with Gasteiger partial charge in [-0.1, -0.05) is 19.9 Å². The van der Waals surface area contributed by atoms with Crippen molar-refractivity contribution in [2.24, 2.45) is 0 Å². The second kappa shape index (κ2) is 6.64. The molecule has 5 heteroatoms. The zero-order chi connectivity index (χ0) is 13.6. The Morgan fingerprint density at radius 1 is 1.39 bits per heavy atom. The molecule has 0 aliphatic rings. The third-order valence-electron chi connectivity index (χ3n) is 3.31. The number of aromatic nitrogens is 1. The highest BCUT2D eigenvalue weighted by molar-refractivity contribution is 8.00. The van der Waals surface area contributed by atoms with Crippen LogP contribution in [-0.4, -0.2) is 28.4 Å². The molecule has 18 heavy (non-hydrogen) atoms. The van der Waals surface area contributed by atoms with Gasteiger partial charge in [0.25, 0.3) is 5.91 Å². The molecule has 4 nitrogen and oxygen atoms in total. The summed E-state index contributed by atoms with van der Waals surface area (Å²) in [6, 6.07) is 4.58. The Hall–Kier alpha value is -1.23. The van der Waals surface area contributed by atoms with Gasteiger partial charge >= 0.3 is 0 Å². The second-order valence-corrected chi connectivity index (χ2v) is 5.48. The fourth-order valence-electron chi connectivity index (χ4n) is 1.78. The zero-order valence-electron chi connectivity index (χ0n) is 11.1. The van der Waals surface area contributed by atoms with E-state index in [0.717, 1.165) is 12.8 Å². The standard InChI is InChI=1S/C13H20N2O2S/c1-4-13(5-2,18-3)9-14-12(17)10-7-6-8-11(16)15-10/h6-8H,4-5,9H2,1-3H3,(H,14,17)(H,15,16). The maximum Gasteiger partial charge on any atom is 0.267 e. The number of carbonyl (C=O) groups excluding carboxylic acids is 1. The van der Waals surface area contributed by atoms with Crippen LogP contribution in [0.5, 0.6) is 0 Å². The van der Waals surface area contributed by atoms with E-state index in [1.165, 1.54) is 6.07 Å². The van der Waals surface area contributed by atoms with E-state index in [-0.39, 0.29) is 16.2 Å². The summed E-state index contributed by atoms with van der Waals surface area (Å²) in [5.41, 5.74) is 0.0504. The average Bonchev–Trinajstić information content (AvgIpc) is 2.40. The molecule has 0 atom stereocenters. The number of hydrogen-bond acceptors (Lipinski definition) is 3. The van der Waals surface area contributed by atoms with E-state index in [0.29, 0.717) is 12.2 Å². The Balaban J connectivity index is 2.69. The van der Waals surface area contributed by atoms with E-state index in [2.05, 4.69) is 30.4 Å². The number of nitrogens with one attached hydrogen (secondary N) is 2. The molecule has 0 radical (unpaired) electrons. The molecule has 1 heterocycles. The third kappa shape index (κ3) is 3.63. The monoisotopic (exact) mass is 268 g/mol. The molecule has 0 bridgehead atoms. The predicted molar refractivity (Wildman–Crippen MR) is 76.2 cm³/mol. The predicted octanol–water partition coefficient (Wildman–Crippen LogP) is 2.03. The Morgan fingerprint density at radius 2 is 2.06 bits per heavy atom. The summed E-state index contributed by atoms with van der Waals surface area (Å²) >= 11 is 1.77. The molecule has 1 amide bonds. The highest BCUT2D eigenvalue weighted by Crippen LogP contribution is 2.29. The van der Waals surface area contributed by atoms with Crippen molar-refractivity contribution in [1.82, 2.24) is 10.3 Å². The van der Waals surface area contributed by atoms with Gasteiger partial charge in [-0.3, -0.25) is 9.59 Å². The van der Waals surface area contributed by atoms with Crippen LogP contribution in [0.25, 0.3) is 0 Å². The van der Waals surface area contributed by atoms with Crippen LogP contribution < -0.4 is 10.9 Å². The molecule has 0 saturated heterocycles. The Bertz CT molecular complexity index is 444. The molecular weight excluding hydrogens is 248 g/mol. The molecule has 1 aromatic heterocycles. The van der Waals surface area contributed by atoms with Crippen molar-refractivity contribution in [2.75, 3.05) is 12.8 Å². The van der Waals surface area contributed by atoms with E-state index < -0.39 is 0 Å². The lowest BCUT2D eigenvalue weighted by Crippen LogP contribution is -2.40. The van der Waals surface area contributed by atoms with Crippen molar-refractivity contribution < 1.29 is 4.79 Å². The molecule has 100 valence electrons.